The number of methoxy groups -OCH3 is 2. The lowest BCUT2D eigenvalue weighted by atomic mass is 10.1. The Kier molecular flexibility index (Phi) is 3.18. The molecule has 13 heavy (non-hydrogen) atoms. The van der Waals surface area contributed by atoms with Crippen molar-refractivity contribution >= 4 is 0 Å². The monoisotopic (exact) mass is 180 g/mol. The lowest BCUT2D eigenvalue weighted by Gasteiger charge is -2.12. The highest BCUT2D eigenvalue weighted by atomic mass is 16.5. The SMILES string of the molecule is CCc1cc(C)cc(OC)c1OC. The third kappa shape index (κ3) is 1.94. The number of aryl methyl sites for hydroxylation is 2. The van der Waals surface area contributed by atoms with Gasteiger partial charge in [0.25, 0.3) is 0 Å². The van der Waals surface area contributed by atoms with Crippen LogP contribution in [-0.2, 0) is 6.42 Å². The third-order valence-corrected chi connectivity index (χ3v) is 2.08. The summed E-state index contributed by atoms with van der Waals surface area (Å²) in [5.74, 6) is 1.68. The van der Waals surface area contributed by atoms with Crippen molar-refractivity contribution in [1.29, 1.82) is 0 Å². The van der Waals surface area contributed by atoms with E-state index in [1.807, 2.05) is 6.07 Å². The van der Waals surface area contributed by atoms with Crippen molar-refractivity contribution in [3.8, 4) is 11.5 Å². The highest BCUT2D eigenvalue weighted by Gasteiger charge is 2.08. The Morgan fingerprint density at radius 2 is 1.85 bits per heavy atom. The normalized spacial score (nSPS) is 9.85. The van der Waals surface area contributed by atoms with Crippen molar-refractivity contribution < 1.29 is 9.47 Å². The van der Waals surface area contributed by atoms with E-state index < -0.39 is 0 Å². The summed E-state index contributed by atoms with van der Waals surface area (Å²) < 4.78 is 10.5. The highest BCUT2D eigenvalue weighted by molar-refractivity contribution is 5.49. The third-order valence-electron chi connectivity index (χ3n) is 2.08. The molecular formula is C11H16O2. The first-order valence-electron chi connectivity index (χ1n) is 4.44. The van der Waals surface area contributed by atoms with Crippen molar-refractivity contribution in [2.75, 3.05) is 14.2 Å². The Morgan fingerprint density at radius 3 is 2.31 bits per heavy atom. The Bertz CT molecular complexity index is 267. The van der Waals surface area contributed by atoms with Crippen LogP contribution in [0.15, 0.2) is 12.1 Å². The molecule has 0 atom stereocenters. The maximum absolute atomic E-state index is 5.29. The standard InChI is InChI=1S/C11H16O2/c1-5-9-6-8(2)7-10(12-3)11(9)13-4/h6-7H,5H2,1-4H3. The first-order valence-corrected chi connectivity index (χ1v) is 4.44. The van der Waals surface area contributed by atoms with Gasteiger partial charge in [-0.25, -0.2) is 0 Å². The van der Waals surface area contributed by atoms with E-state index in [-0.39, 0.29) is 0 Å². The first kappa shape index (κ1) is 9.90. The second-order valence-electron chi connectivity index (χ2n) is 3.01. The summed E-state index contributed by atoms with van der Waals surface area (Å²) in [6.45, 7) is 4.16. The molecular weight excluding hydrogens is 164 g/mol. The van der Waals surface area contributed by atoms with Gasteiger partial charge < -0.3 is 9.47 Å². The van der Waals surface area contributed by atoms with Gasteiger partial charge in [-0.15, -0.1) is 0 Å². The van der Waals surface area contributed by atoms with Crippen LogP contribution in [-0.4, -0.2) is 14.2 Å². The van der Waals surface area contributed by atoms with E-state index in [0.717, 1.165) is 17.9 Å². The minimum atomic E-state index is 0.819. The van der Waals surface area contributed by atoms with Crippen molar-refractivity contribution in [2.24, 2.45) is 0 Å². The zero-order valence-corrected chi connectivity index (χ0v) is 8.68. The van der Waals surface area contributed by atoms with Gasteiger partial charge in [0.1, 0.15) is 0 Å². The van der Waals surface area contributed by atoms with Gasteiger partial charge >= 0.3 is 0 Å². The second-order valence-corrected chi connectivity index (χ2v) is 3.01. The number of ether oxygens (including phenoxy) is 2. The number of rotatable bonds is 3. The second kappa shape index (κ2) is 4.17. The van der Waals surface area contributed by atoms with Crippen LogP contribution in [0.25, 0.3) is 0 Å². The first-order chi connectivity index (χ1) is 6.22. The van der Waals surface area contributed by atoms with Gasteiger partial charge in [0.05, 0.1) is 14.2 Å². The van der Waals surface area contributed by atoms with E-state index in [9.17, 15) is 0 Å². The highest BCUT2D eigenvalue weighted by Crippen LogP contribution is 2.32. The predicted molar refractivity (Wildman–Crippen MR) is 53.7 cm³/mol. The largest absolute Gasteiger partial charge is 0.493 e. The molecule has 0 aliphatic carbocycles. The van der Waals surface area contributed by atoms with Crippen LogP contribution >= 0.6 is 0 Å². The minimum absolute atomic E-state index is 0.819. The quantitative estimate of drug-likeness (QED) is 0.711. The fourth-order valence-corrected chi connectivity index (χ4v) is 1.46. The summed E-state index contributed by atoms with van der Waals surface area (Å²) in [4.78, 5) is 0. The topological polar surface area (TPSA) is 18.5 Å². The van der Waals surface area contributed by atoms with E-state index in [0.29, 0.717) is 0 Å². The fourth-order valence-electron chi connectivity index (χ4n) is 1.46. The average Bonchev–Trinajstić information content (AvgIpc) is 2.16. The van der Waals surface area contributed by atoms with Gasteiger partial charge in [0.15, 0.2) is 11.5 Å². The molecule has 0 aromatic heterocycles. The Hall–Kier alpha value is -1.18. The fraction of sp³-hybridized carbons (Fsp3) is 0.455. The molecule has 0 aliphatic heterocycles. The molecule has 2 nitrogen and oxygen atoms in total. The smallest absolute Gasteiger partial charge is 0.163 e. The van der Waals surface area contributed by atoms with E-state index in [1.54, 1.807) is 14.2 Å². The summed E-state index contributed by atoms with van der Waals surface area (Å²) >= 11 is 0. The van der Waals surface area contributed by atoms with Gasteiger partial charge in [-0.3, -0.25) is 0 Å². The molecule has 0 heterocycles. The zero-order valence-electron chi connectivity index (χ0n) is 8.68. The van der Waals surface area contributed by atoms with E-state index in [4.69, 9.17) is 9.47 Å². The summed E-state index contributed by atoms with van der Waals surface area (Å²) in [6, 6.07) is 4.11. The number of benzene rings is 1. The van der Waals surface area contributed by atoms with Crippen LogP contribution < -0.4 is 9.47 Å². The minimum Gasteiger partial charge on any atom is -0.493 e. The molecule has 0 amide bonds. The number of hydrogen-bond donors (Lipinski definition) is 0. The van der Waals surface area contributed by atoms with E-state index in [2.05, 4.69) is 19.9 Å². The van der Waals surface area contributed by atoms with Crippen molar-refractivity contribution in [3.05, 3.63) is 23.3 Å². The van der Waals surface area contributed by atoms with Gasteiger partial charge in [0, 0.05) is 0 Å². The summed E-state index contributed by atoms with van der Waals surface area (Å²) in [5.41, 5.74) is 2.40. The van der Waals surface area contributed by atoms with E-state index in [1.165, 1.54) is 11.1 Å². The van der Waals surface area contributed by atoms with Gasteiger partial charge in [-0.05, 0) is 30.5 Å². The van der Waals surface area contributed by atoms with Crippen molar-refractivity contribution in [3.63, 3.8) is 0 Å². The molecule has 2 heteroatoms. The molecule has 0 spiro atoms. The van der Waals surface area contributed by atoms with Crippen LogP contribution in [0, 0.1) is 6.92 Å². The lowest BCUT2D eigenvalue weighted by Crippen LogP contribution is -1.96. The van der Waals surface area contributed by atoms with Crippen molar-refractivity contribution in [1.82, 2.24) is 0 Å². The molecule has 0 saturated heterocycles. The molecule has 72 valence electrons. The lowest BCUT2D eigenvalue weighted by molar-refractivity contribution is 0.351. The molecule has 1 rings (SSSR count). The molecule has 0 fully saturated rings. The van der Waals surface area contributed by atoms with Gasteiger partial charge in [-0.1, -0.05) is 13.0 Å². The molecule has 1 aromatic rings. The molecule has 0 N–H and O–H groups in total. The maximum atomic E-state index is 5.29. The Morgan fingerprint density at radius 1 is 1.15 bits per heavy atom. The van der Waals surface area contributed by atoms with Crippen LogP contribution in [0.1, 0.15) is 18.1 Å². The summed E-state index contributed by atoms with van der Waals surface area (Å²) in [6.07, 6.45) is 0.960. The molecule has 0 unspecified atom stereocenters. The van der Waals surface area contributed by atoms with Crippen molar-refractivity contribution in [2.45, 2.75) is 20.3 Å². The van der Waals surface area contributed by atoms with Gasteiger partial charge in [0.2, 0.25) is 0 Å². The summed E-state index contributed by atoms with van der Waals surface area (Å²) in [5, 5.41) is 0. The van der Waals surface area contributed by atoms with Crippen LogP contribution in [0.3, 0.4) is 0 Å². The zero-order chi connectivity index (χ0) is 9.84. The Labute approximate surface area is 79.5 Å². The maximum Gasteiger partial charge on any atom is 0.163 e. The van der Waals surface area contributed by atoms with Crippen LogP contribution in [0.2, 0.25) is 0 Å². The molecule has 0 radical (unpaired) electrons. The van der Waals surface area contributed by atoms with Crippen LogP contribution in [0.5, 0.6) is 11.5 Å². The molecule has 1 aromatic carbocycles. The number of hydrogen-bond acceptors (Lipinski definition) is 2. The summed E-state index contributed by atoms with van der Waals surface area (Å²) in [7, 11) is 3.34. The Balaban J connectivity index is 3.25. The molecule has 0 aliphatic rings. The van der Waals surface area contributed by atoms with Crippen LogP contribution in [0.4, 0.5) is 0 Å². The molecule has 0 saturated carbocycles. The molecule has 0 bridgehead atoms. The average molecular weight is 180 g/mol. The van der Waals surface area contributed by atoms with Gasteiger partial charge in [-0.2, -0.15) is 0 Å². The van der Waals surface area contributed by atoms with E-state index >= 15 is 0 Å². The predicted octanol–water partition coefficient (Wildman–Crippen LogP) is 2.57.